The number of alkyl halides is 3. The summed E-state index contributed by atoms with van der Waals surface area (Å²) in [4.78, 5) is 14.1. The van der Waals surface area contributed by atoms with Crippen LogP contribution in [0.15, 0.2) is 22.6 Å². The van der Waals surface area contributed by atoms with Crippen LogP contribution >= 0.6 is 11.6 Å². The zero-order valence-electron chi connectivity index (χ0n) is 10.4. The Kier molecular flexibility index (Phi) is 3.82. The van der Waals surface area contributed by atoms with Crippen LogP contribution in [0.1, 0.15) is 16.2 Å². The van der Waals surface area contributed by atoms with Crippen molar-refractivity contribution in [3.05, 3.63) is 34.7 Å². The van der Waals surface area contributed by atoms with Gasteiger partial charge in [-0.2, -0.15) is 13.2 Å². The zero-order valence-corrected chi connectivity index (χ0v) is 11.1. The topological polar surface area (TPSA) is 72.6 Å². The molecule has 0 fully saturated rings. The summed E-state index contributed by atoms with van der Waals surface area (Å²) < 4.78 is 47.9. The Morgan fingerprint density at radius 3 is 2.57 bits per heavy atom. The van der Waals surface area contributed by atoms with Crippen molar-refractivity contribution in [3.63, 3.8) is 0 Å². The number of hydrogen-bond acceptors (Lipinski definition) is 4. The summed E-state index contributed by atoms with van der Waals surface area (Å²) in [6, 6.07) is 4.11. The number of hydrogen-bond donors (Lipinski definition) is 1. The van der Waals surface area contributed by atoms with Gasteiger partial charge in [-0.25, -0.2) is 9.78 Å². The monoisotopic (exact) mass is 321 g/mol. The fourth-order valence-electron chi connectivity index (χ4n) is 1.62. The van der Waals surface area contributed by atoms with E-state index in [1.54, 1.807) is 0 Å². The van der Waals surface area contributed by atoms with Crippen LogP contribution in [0.5, 0.6) is 5.75 Å². The molecule has 0 bridgehead atoms. The predicted octanol–water partition coefficient (Wildman–Crippen LogP) is 3.72. The van der Waals surface area contributed by atoms with Crippen molar-refractivity contribution in [2.75, 3.05) is 7.11 Å². The first kappa shape index (κ1) is 15.2. The van der Waals surface area contributed by atoms with E-state index in [1.165, 1.54) is 25.3 Å². The Balaban J connectivity index is 2.66. The third-order valence-corrected chi connectivity index (χ3v) is 2.72. The van der Waals surface area contributed by atoms with E-state index < -0.39 is 29.5 Å². The Bertz CT molecular complexity index is 696. The van der Waals surface area contributed by atoms with Crippen molar-refractivity contribution in [2.45, 2.75) is 6.18 Å². The number of aromatic carboxylic acids is 1. The van der Waals surface area contributed by atoms with Crippen molar-refractivity contribution in [2.24, 2.45) is 0 Å². The normalized spacial score (nSPS) is 11.5. The molecule has 0 aliphatic rings. The summed E-state index contributed by atoms with van der Waals surface area (Å²) in [5.74, 6) is -3.56. The lowest BCUT2D eigenvalue weighted by molar-refractivity contribution is -0.141. The van der Waals surface area contributed by atoms with Gasteiger partial charge in [-0.15, -0.1) is 0 Å². The minimum Gasteiger partial charge on any atom is -0.496 e. The minimum atomic E-state index is -4.96. The molecule has 0 amide bonds. The molecule has 112 valence electrons. The summed E-state index contributed by atoms with van der Waals surface area (Å²) in [7, 11) is 1.29. The van der Waals surface area contributed by atoms with E-state index in [9.17, 15) is 18.0 Å². The number of nitrogens with zero attached hydrogens (tertiary/aromatic N) is 1. The first-order valence-electron chi connectivity index (χ1n) is 5.39. The van der Waals surface area contributed by atoms with Crippen LogP contribution in [0.25, 0.3) is 11.5 Å². The van der Waals surface area contributed by atoms with E-state index >= 15 is 0 Å². The highest BCUT2D eigenvalue weighted by Gasteiger charge is 2.41. The number of carboxylic acid groups (broad SMARTS) is 1. The molecule has 2 rings (SSSR count). The molecule has 5 nitrogen and oxygen atoms in total. The number of halogens is 4. The van der Waals surface area contributed by atoms with Gasteiger partial charge in [0.1, 0.15) is 5.75 Å². The number of methoxy groups -OCH3 is 1. The van der Waals surface area contributed by atoms with Crippen LogP contribution in [0.4, 0.5) is 13.2 Å². The fraction of sp³-hybridized carbons (Fsp3) is 0.167. The van der Waals surface area contributed by atoms with Gasteiger partial charge in [0.05, 0.1) is 12.7 Å². The molecule has 0 aliphatic heterocycles. The number of carbonyl (C=O) groups is 1. The molecule has 21 heavy (non-hydrogen) atoms. The second-order valence-electron chi connectivity index (χ2n) is 3.84. The van der Waals surface area contributed by atoms with Gasteiger partial charge in [-0.1, -0.05) is 11.6 Å². The van der Waals surface area contributed by atoms with Crippen LogP contribution in [0, 0.1) is 0 Å². The van der Waals surface area contributed by atoms with E-state index in [-0.39, 0.29) is 16.3 Å². The number of benzene rings is 1. The first-order chi connectivity index (χ1) is 9.74. The van der Waals surface area contributed by atoms with Gasteiger partial charge in [0.25, 0.3) is 0 Å². The quantitative estimate of drug-likeness (QED) is 0.932. The summed E-state index contributed by atoms with van der Waals surface area (Å²) in [5, 5.41) is 8.98. The van der Waals surface area contributed by atoms with E-state index in [2.05, 4.69) is 4.98 Å². The standard InChI is InChI=1S/C12H7ClF3NO4/c1-20-7-3-2-5(13)4-6(7)10-17-9(12(14,15)16)8(21-10)11(18)19/h2-4H,1H3,(H,18,19). The SMILES string of the molecule is COc1ccc(Cl)cc1-c1nc(C(F)(F)F)c(C(=O)O)o1. The summed E-state index contributed by atoms with van der Waals surface area (Å²) >= 11 is 5.76. The summed E-state index contributed by atoms with van der Waals surface area (Å²) in [6.45, 7) is 0. The van der Waals surface area contributed by atoms with Crippen molar-refractivity contribution in [1.29, 1.82) is 0 Å². The maximum atomic E-state index is 12.8. The fourth-order valence-corrected chi connectivity index (χ4v) is 1.79. The van der Waals surface area contributed by atoms with Gasteiger partial charge in [0.15, 0.2) is 5.69 Å². The molecular weight excluding hydrogens is 315 g/mol. The lowest BCUT2D eigenvalue weighted by Gasteiger charge is -2.05. The third-order valence-electron chi connectivity index (χ3n) is 2.48. The molecule has 1 aromatic heterocycles. The molecule has 0 aliphatic carbocycles. The van der Waals surface area contributed by atoms with Crippen LogP contribution in [-0.2, 0) is 6.18 Å². The third kappa shape index (κ3) is 2.94. The molecule has 0 spiro atoms. The Morgan fingerprint density at radius 1 is 1.43 bits per heavy atom. The van der Waals surface area contributed by atoms with Crippen LogP contribution < -0.4 is 4.74 Å². The number of oxazole rings is 1. The average Bonchev–Trinajstić information content (AvgIpc) is 2.83. The molecular formula is C12H7ClF3NO4. The van der Waals surface area contributed by atoms with Crippen LogP contribution in [-0.4, -0.2) is 23.2 Å². The van der Waals surface area contributed by atoms with Crippen molar-refractivity contribution in [1.82, 2.24) is 4.98 Å². The molecule has 0 radical (unpaired) electrons. The van der Waals surface area contributed by atoms with Crippen molar-refractivity contribution in [3.8, 4) is 17.2 Å². The highest BCUT2D eigenvalue weighted by Crippen LogP contribution is 2.37. The number of aromatic nitrogens is 1. The molecule has 2 aromatic rings. The maximum absolute atomic E-state index is 12.8. The summed E-state index contributed by atoms with van der Waals surface area (Å²) in [6.07, 6.45) is -4.96. The van der Waals surface area contributed by atoms with Gasteiger partial charge in [-0.05, 0) is 18.2 Å². The second kappa shape index (κ2) is 5.28. The van der Waals surface area contributed by atoms with Gasteiger partial charge < -0.3 is 14.3 Å². The average molecular weight is 322 g/mol. The molecule has 0 saturated heterocycles. The minimum absolute atomic E-state index is 0.0167. The van der Waals surface area contributed by atoms with Gasteiger partial charge in [-0.3, -0.25) is 0 Å². The Hall–Kier alpha value is -2.22. The van der Waals surface area contributed by atoms with Crippen LogP contribution in [0.3, 0.4) is 0 Å². The number of carboxylic acids is 1. The maximum Gasteiger partial charge on any atom is 0.437 e. The zero-order chi connectivity index (χ0) is 15.8. The van der Waals surface area contributed by atoms with Gasteiger partial charge in [0, 0.05) is 5.02 Å². The number of rotatable bonds is 3. The molecule has 1 heterocycles. The van der Waals surface area contributed by atoms with E-state index in [0.717, 1.165) is 0 Å². The highest BCUT2D eigenvalue weighted by molar-refractivity contribution is 6.30. The van der Waals surface area contributed by atoms with Gasteiger partial charge >= 0.3 is 12.1 Å². The van der Waals surface area contributed by atoms with E-state index in [1.807, 2.05) is 0 Å². The van der Waals surface area contributed by atoms with Crippen molar-refractivity contribution >= 4 is 17.6 Å². The Morgan fingerprint density at radius 2 is 2.10 bits per heavy atom. The molecule has 1 N–H and O–H groups in total. The lowest BCUT2D eigenvalue weighted by Crippen LogP contribution is -2.11. The lowest BCUT2D eigenvalue weighted by atomic mass is 10.2. The molecule has 1 aromatic carbocycles. The smallest absolute Gasteiger partial charge is 0.437 e. The molecule has 0 atom stereocenters. The largest absolute Gasteiger partial charge is 0.496 e. The van der Waals surface area contributed by atoms with E-state index in [4.69, 9.17) is 25.9 Å². The highest BCUT2D eigenvalue weighted by atomic mass is 35.5. The second-order valence-corrected chi connectivity index (χ2v) is 4.28. The molecule has 9 heteroatoms. The van der Waals surface area contributed by atoms with Crippen LogP contribution in [0.2, 0.25) is 5.02 Å². The Labute approximate surface area is 120 Å². The molecule has 0 saturated carbocycles. The van der Waals surface area contributed by atoms with Crippen molar-refractivity contribution < 1.29 is 32.2 Å². The molecule has 0 unspecified atom stereocenters. The summed E-state index contributed by atoms with van der Waals surface area (Å²) in [5.41, 5.74) is -1.60. The van der Waals surface area contributed by atoms with Gasteiger partial charge in [0.2, 0.25) is 11.7 Å². The first-order valence-corrected chi connectivity index (χ1v) is 5.77. The number of ether oxygens (including phenoxy) is 1. The van der Waals surface area contributed by atoms with E-state index in [0.29, 0.717) is 0 Å². The predicted molar refractivity (Wildman–Crippen MR) is 65.5 cm³/mol.